The summed E-state index contributed by atoms with van der Waals surface area (Å²) >= 11 is 0. The Morgan fingerprint density at radius 3 is 2.05 bits per heavy atom. The Labute approximate surface area is 238 Å². The van der Waals surface area contributed by atoms with Crippen molar-refractivity contribution < 1.29 is 36.3 Å². The van der Waals surface area contributed by atoms with Gasteiger partial charge in [-0.1, -0.05) is 45.7 Å². The molecule has 4 N–H and O–H groups in total. The van der Waals surface area contributed by atoms with Gasteiger partial charge in [-0.3, -0.25) is 9.52 Å². The molecule has 2 fully saturated rings. The molecule has 13 heteroatoms. The van der Waals surface area contributed by atoms with E-state index in [0.717, 1.165) is 63.1 Å². The van der Waals surface area contributed by atoms with Crippen molar-refractivity contribution in [1.29, 1.82) is 0 Å². The summed E-state index contributed by atoms with van der Waals surface area (Å²) in [4.78, 5) is 24.1. The molecule has 2 aliphatic rings. The molecular formula is C28H37F3N4O5S. The maximum atomic E-state index is 13.3. The number of aliphatic carboxylic acids is 1. The minimum absolute atomic E-state index is 0.0633. The predicted molar refractivity (Wildman–Crippen MR) is 151 cm³/mol. The first-order valence-corrected chi connectivity index (χ1v) is 14.9. The number of alkyl halides is 3. The number of anilines is 2. The third-order valence-electron chi connectivity index (χ3n) is 6.92. The standard InChI is InChI=1S/C26H36N4O3S.C2HF3O2/c1-26(2,3)20-9-11-22(12-10-20)34(32,33)29-23-18-19(25(31)28-21-6-4-5-7-21)8-13-24(23)30-16-14-27-15-17-30;3-2(4,5)1(6)7/h8-13,18,21,27,29H,4-7,14-17H2,1-3H3,(H,28,31);(H,6,7). The molecule has 1 amide bonds. The molecule has 4 rings (SSSR count). The van der Waals surface area contributed by atoms with Gasteiger partial charge in [0.05, 0.1) is 16.3 Å². The third kappa shape index (κ3) is 9.09. The Morgan fingerprint density at radius 1 is 0.976 bits per heavy atom. The largest absolute Gasteiger partial charge is 0.490 e. The van der Waals surface area contributed by atoms with Crippen LogP contribution in [-0.4, -0.2) is 63.8 Å². The molecule has 9 nitrogen and oxygen atoms in total. The van der Waals surface area contributed by atoms with E-state index in [2.05, 4.69) is 41.0 Å². The van der Waals surface area contributed by atoms with Crippen LogP contribution >= 0.6 is 0 Å². The number of carbonyl (C=O) groups is 2. The fourth-order valence-corrected chi connectivity index (χ4v) is 5.68. The summed E-state index contributed by atoms with van der Waals surface area (Å²) in [6, 6.07) is 12.5. The maximum Gasteiger partial charge on any atom is 0.490 e. The zero-order valence-corrected chi connectivity index (χ0v) is 24.2. The highest BCUT2D eigenvalue weighted by Gasteiger charge is 2.38. The van der Waals surface area contributed by atoms with E-state index in [9.17, 15) is 26.4 Å². The number of carbonyl (C=O) groups excluding carboxylic acids is 1. The van der Waals surface area contributed by atoms with Crippen LogP contribution in [0.25, 0.3) is 0 Å². The number of nitrogens with zero attached hydrogens (tertiary/aromatic N) is 1. The van der Waals surface area contributed by atoms with Gasteiger partial charge in [0, 0.05) is 37.8 Å². The average Bonchev–Trinajstić information content (AvgIpc) is 3.41. The summed E-state index contributed by atoms with van der Waals surface area (Å²) in [5.74, 6) is -2.92. The number of nitrogens with one attached hydrogen (secondary N) is 3. The molecule has 1 saturated heterocycles. The van der Waals surface area contributed by atoms with E-state index in [-0.39, 0.29) is 22.3 Å². The molecule has 1 saturated carbocycles. The lowest BCUT2D eigenvalue weighted by molar-refractivity contribution is -0.192. The maximum absolute atomic E-state index is 13.3. The first-order chi connectivity index (χ1) is 19.1. The number of rotatable bonds is 6. The topological polar surface area (TPSA) is 128 Å². The summed E-state index contributed by atoms with van der Waals surface area (Å²) in [7, 11) is -3.83. The van der Waals surface area contributed by atoms with E-state index in [1.807, 2.05) is 18.2 Å². The smallest absolute Gasteiger partial charge is 0.475 e. The summed E-state index contributed by atoms with van der Waals surface area (Å²) in [5.41, 5.74) is 2.69. The molecule has 0 aromatic heterocycles. The second kappa shape index (κ2) is 13.1. The van der Waals surface area contributed by atoms with Crippen LogP contribution in [0, 0.1) is 0 Å². The lowest BCUT2D eigenvalue weighted by Gasteiger charge is -2.31. The molecule has 0 unspecified atom stereocenters. The first-order valence-electron chi connectivity index (χ1n) is 13.4. The fourth-order valence-electron chi connectivity index (χ4n) is 4.62. The molecule has 2 aromatic carbocycles. The molecule has 0 spiro atoms. The molecule has 2 aromatic rings. The van der Waals surface area contributed by atoms with E-state index in [1.165, 1.54) is 0 Å². The van der Waals surface area contributed by atoms with Crippen LogP contribution < -0.4 is 20.3 Å². The van der Waals surface area contributed by atoms with Gasteiger partial charge in [-0.2, -0.15) is 13.2 Å². The minimum Gasteiger partial charge on any atom is -0.475 e. The molecular weight excluding hydrogens is 561 g/mol. The second-order valence-corrected chi connectivity index (χ2v) is 12.8. The number of hydrogen-bond donors (Lipinski definition) is 4. The number of amides is 1. The van der Waals surface area contributed by atoms with Gasteiger partial charge in [0.2, 0.25) is 0 Å². The molecule has 226 valence electrons. The number of sulfonamides is 1. The van der Waals surface area contributed by atoms with Crippen LogP contribution in [0.1, 0.15) is 62.4 Å². The van der Waals surface area contributed by atoms with E-state index in [4.69, 9.17) is 9.90 Å². The van der Waals surface area contributed by atoms with Crippen LogP contribution in [0.2, 0.25) is 0 Å². The van der Waals surface area contributed by atoms with Crippen LogP contribution in [-0.2, 0) is 20.2 Å². The predicted octanol–water partition coefficient (Wildman–Crippen LogP) is 4.50. The Morgan fingerprint density at radius 2 is 1.54 bits per heavy atom. The normalized spacial score (nSPS) is 16.5. The SMILES string of the molecule is CC(C)(C)c1ccc(S(=O)(=O)Nc2cc(C(=O)NC3CCCC3)ccc2N2CCNCC2)cc1.O=C(O)C(F)(F)F. The Bertz CT molecular complexity index is 1310. The minimum atomic E-state index is -5.08. The lowest BCUT2D eigenvalue weighted by atomic mass is 9.87. The highest BCUT2D eigenvalue weighted by atomic mass is 32.2. The van der Waals surface area contributed by atoms with Gasteiger partial charge in [-0.15, -0.1) is 0 Å². The quantitative estimate of drug-likeness (QED) is 0.386. The highest BCUT2D eigenvalue weighted by Crippen LogP contribution is 2.31. The molecule has 41 heavy (non-hydrogen) atoms. The monoisotopic (exact) mass is 598 g/mol. The van der Waals surface area contributed by atoms with Crippen molar-refractivity contribution in [2.75, 3.05) is 35.8 Å². The number of hydrogen-bond acceptors (Lipinski definition) is 6. The van der Waals surface area contributed by atoms with E-state index in [1.54, 1.807) is 24.3 Å². The van der Waals surface area contributed by atoms with Crippen LogP contribution in [0.15, 0.2) is 47.4 Å². The number of benzene rings is 2. The summed E-state index contributed by atoms with van der Waals surface area (Å²) in [6.45, 7) is 9.46. The van der Waals surface area contributed by atoms with E-state index >= 15 is 0 Å². The number of carboxylic acid groups (broad SMARTS) is 1. The van der Waals surface area contributed by atoms with Crippen molar-refractivity contribution >= 4 is 33.3 Å². The zero-order chi connectivity index (χ0) is 30.4. The van der Waals surface area contributed by atoms with Crippen LogP contribution in [0.4, 0.5) is 24.5 Å². The van der Waals surface area contributed by atoms with Crippen molar-refractivity contribution in [2.45, 2.75) is 69.0 Å². The summed E-state index contributed by atoms with van der Waals surface area (Å²) < 4.78 is 61.1. The van der Waals surface area contributed by atoms with Gasteiger partial charge in [0.1, 0.15) is 0 Å². The summed E-state index contributed by atoms with van der Waals surface area (Å²) in [5, 5.41) is 13.5. The Kier molecular flexibility index (Phi) is 10.3. The van der Waals surface area contributed by atoms with Crippen LogP contribution in [0.3, 0.4) is 0 Å². The molecule has 0 bridgehead atoms. The first kappa shape index (κ1) is 32.2. The van der Waals surface area contributed by atoms with Gasteiger partial charge in [0.25, 0.3) is 15.9 Å². The zero-order valence-electron chi connectivity index (χ0n) is 23.3. The van der Waals surface area contributed by atoms with Gasteiger partial charge < -0.3 is 20.6 Å². The Hall–Kier alpha value is -3.32. The van der Waals surface area contributed by atoms with Gasteiger partial charge in [0.15, 0.2) is 0 Å². The van der Waals surface area contributed by atoms with Gasteiger partial charge in [-0.25, -0.2) is 13.2 Å². The molecule has 1 aliphatic carbocycles. The van der Waals surface area contributed by atoms with Crippen molar-refractivity contribution in [3.05, 3.63) is 53.6 Å². The number of carboxylic acids is 1. The number of halogens is 3. The fraction of sp³-hybridized carbons (Fsp3) is 0.500. The highest BCUT2D eigenvalue weighted by molar-refractivity contribution is 7.92. The molecule has 1 aliphatic heterocycles. The van der Waals surface area contributed by atoms with Crippen molar-refractivity contribution in [3.63, 3.8) is 0 Å². The Balaban J connectivity index is 0.000000587. The molecule has 0 radical (unpaired) electrons. The van der Waals surface area contributed by atoms with E-state index in [0.29, 0.717) is 11.3 Å². The molecule has 0 atom stereocenters. The van der Waals surface area contributed by atoms with Gasteiger partial charge >= 0.3 is 12.1 Å². The third-order valence-corrected chi connectivity index (χ3v) is 8.31. The lowest BCUT2D eigenvalue weighted by Crippen LogP contribution is -2.43. The van der Waals surface area contributed by atoms with Crippen LogP contribution in [0.5, 0.6) is 0 Å². The van der Waals surface area contributed by atoms with Crippen molar-refractivity contribution in [1.82, 2.24) is 10.6 Å². The van der Waals surface area contributed by atoms with E-state index < -0.39 is 22.2 Å². The summed E-state index contributed by atoms with van der Waals surface area (Å²) in [6.07, 6.45) is -0.832. The number of piperazine rings is 1. The van der Waals surface area contributed by atoms with Crippen molar-refractivity contribution in [3.8, 4) is 0 Å². The van der Waals surface area contributed by atoms with Crippen molar-refractivity contribution in [2.24, 2.45) is 0 Å². The average molecular weight is 599 g/mol. The molecule has 1 heterocycles. The second-order valence-electron chi connectivity index (χ2n) is 11.1. The van der Waals surface area contributed by atoms with Gasteiger partial charge in [-0.05, 0) is 54.2 Å².